The van der Waals surface area contributed by atoms with Gasteiger partial charge in [-0.3, -0.25) is 14.4 Å². The number of hydrogen-bond donors (Lipinski definition) is 1. The van der Waals surface area contributed by atoms with Crippen LogP contribution in [0, 0.1) is 5.92 Å². The van der Waals surface area contributed by atoms with Crippen molar-refractivity contribution in [1.29, 1.82) is 0 Å². The van der Waals surface area contributed by atoms with E-state index in [4.69, 9.17) is 9.26 Å². The van der Waals surface area contributed by atoms with Gasteiger partial charge in [-0.2, -0.15) is 0 Å². The maximum absolute atomic E-state index is 13.1. The van der Waals surface area contributed by atoms with Gasteiger partial charge in [-0.25, -0.2) is 0 Å². The number of carbonyl (C=O) groups excluding carboxylic acids is 3. The summed E-state index contributed by atoms with van der Waals surface area (Å²) in [5, 5.41) is 6.85. The van der Waals surface area contributed by atoms with Crippen LogP contribution in [0.2, 0.25) is 0 Å². The SMILES string of the molecule is COc1cccc(-c2cc(C(=O)N(CCC(=O)NCCCN3CCCC3=O)CC(C)C)no2)c1. The largest absolute Gasteiger partial charge is 0.497 e. The number of aromatic nitrogens is 1. The molecule has 0 atom stereocenters. The number of nitrogens with one attached hydrogen (secondary N) is 1. The second-order valence-corrected chi connectivity index (χ2v) is 8.89. The lowest BCUT2D eigenvalue weighted by molar-refractivity contribution is -0.127. The lowest BCUT2D eigenvalue weighted by atomic mass is 10.1. The molecule has 9 heteroatoms. The van der Waals surface area contributed by atoms with Gasteiger partial charge in [0.2, 0.25) is 11.8 Å². The monoisotopic (exact) mass is 470 g/mol. The average molecular weight is 471 g/mol. The molecule has 0 aliphatic carbocycles. The number of nitrogens with zero attached hydrogens (tertiary/aromatic N) is 3. The van der Waals surface area contributed by atoms with Crippen LogP contribution in [0.1, 0.15) is 50.0 Å². The van der Waals surface area contributed by atoms with E-state index in [1.807, 2.05) is 43.0 Å². The highest BCUT2D eigenvalue weighted by Gasteiger charge is 2.22. The number of likely N-dealkylation sites (tertiary alicyclic amines) is 1. The van der Waals surface area contributed by atoms with Crippen molar-refractivity contribution in [2.75, 3.05) is 39.8 Å². The Morgan fingerprint density at radius 2 is 2.12 bits per heavy atom. The highest BCUT2D eigenvalue weighted by Crippen LogP contribution is 2.25. The molecule has 1 fully saturated rings. The summed E-state index contributed by atoms with van der Waals surface area (Å²) < 4.78 is 10.6. The fourth-order valence-corrected chi connectivity index (χ4v) is 3.93. The summed E-state index contributed by atoms with van der Waals surface area (Å²) in [6.07, 6.45) is 2.45. The molecule has 0 bridgehead atoms. The first-order chi connectivity index (χ1) is 16.4. The Hall–Kier alpha value is -3.36. The van der Waals surface area contributed by atoms with E-state index in [9.17, 15) is 14.4 Å². The van der Waals surface area contributed by atoms with E-state index in [2.05, 4.69) is 10.5 Å². The highest BCUT2D eigenvalue weighted by molar-refractivity contribution is 5.93. The van der Waals surface area contributed by atoms with Crippen LogP contribution < -0.4 is 10.1 Å². The van der Waals surface area contributed by atoms with Crippen LogP contribution >= 0.6 is 0 Å². The first kappa shape index (κ1) is 25.3. The summed E-state index contributed by atoms with van der Waals surface area (Å²) in [6.45, 7) is 6.81. The van der Waals surface area contributed by atoms with Crippen molar-refractivity contribution < 1.29 is 23.6 Å². The van der Waals surface area contributed by atoms with Gasteiger partial charge in [-0.05, 0) is 30.9 Å². The van der Waals surface area contributed by atoms with Gasteiger partial charge in [-0.15, -0.1) is 0 Å². The minimum absolute atomic E-state index is 0.119. The second-order valence-electron chi connectivity index (χ2n) is 8.89. The van der Waals surface area contributed by atoms with Gasteiger partial charge >= 0.3 is 0 Å². The van der Waals surface area contributed by atoms with Crippen molar-refractivity contribution in [1.82, 2.24) is 20.3 Å². The summed E-state index contributed by atoms with van der Waals surface area (Å²) in [4.78, 5) is 40.6. The van der Waals surface area contributed by atoms with Crippen LogP contribution in [-0.2, 0) is 9.59 Å². The zero-order valence-corrected chi connectivity index (χ0v) is 20.2. The van der Waals surface area contributed by atoms with Gasteiger partial charge < -0.3 is 24.4 Å². The Balaban J connectivity index is 1.52. The van der Waals surface area contributed by atoms with Gasteiger partial charge in [-0.1, -0.05) is 31.1 Å². The summed E-state index contributed by atoms with van der Waals surface area (Å²) in [6, 6.07) is 8.94. The summed E-state index contributed by atoms with van der Waals surface area (Å²) in [5.74, 6) is 1.19. The van der Waals surface area contributed by atoms with Crippen LogP contribution in [0.4, 0.5) is 0 Å². The number of amides is 3. The van der Waals surface area contributed by atoms with Crippen molar-refractivity contribution in [3.05, 3.63) is 36.0 Å². The predicted octanol–water partition coefficient (Wildman–Crippen LogP) is 2.97. The molecule has 1 aliphatic heterocycles. The number of hydrogen-bond acceptors (Lipinski definition) is 6. The Morgan fingerprint density at radius 1 is 1.29 bits per heavy atom. The van der Waals surface area contributed by atoms with Gasteiger partial charge in [0, 0.05) is 57.2 Å². The maximum atomic E-state index is 13.1. The van der Waals surface area contributed by atoms with Crippen molar-refractivity contribution in [2.24, 2.45) is 5.92 Å². The first-order valence-corrected chi connectivity index (χ1v) is 11.8. The molecule has 0 radical (unpaired) electrons. The van der Waals surface area contributed by atoms with E-state index in [1.54, 1.807) is 18.1 Å². The van der Waals surface area contributed by atoms with Crippen LogP contribution in [0.25, 0.3) is 11.3 Å². The predicted molar refractivity (Wildman–Crippen MR) is 127 cm³/mol. The molecule has 2 heterocycles. The third-order valence-electron chi connectivity index (χ3n) is 5.66. The molecular weight excluding hydrogens is 436 g/mol. The Kier molecular flexibility index (Phi) is 9.07. The number of benzene rings is 1. The molecule has 0 spiro atoms. The molecule has 1 N–H and O–H groups in total. The summed E-state index contributed by atoms with van der Waals surface area (Å²) in [5.41, 5.74) is 0.963. The molecule has 3 rings (SSSR count). The topological polar surface area (TPSA) is 105 Å². The fraction of sp³-hybridized carbons (Fsp3) is 0.520. The van der Waals surface area contributed by atoms with E-state index in [-0.39, 0.29) is 42.3 Å². The Morgan fingerprint density at radius 3 is 2.82 bits per heavy atom. The Bertz CT molecular complexity index is 987. The van der Waals surface area contributed by atoms with Gasteiger partial charge in [0.25, 0.3) is 5.91 Å². The third kappa shape index (κ3) is 7.07. The second kappa shape index (κ2) is 12.2. The van der Waals surface area contributed by atoms with Crippen molar-refractivity contribution in [3.8, 4) is 17.1 Å². The van der Waals surface area contributed by atoms with E-state index in [1.165, 1.54) is 0 Å². The first-order valence-electron chi connectivity index (χ1n) is 11.8. The normalized spacial score (nSPS) is 13.4. The minimum Gasteiger partial charge on any atom is -0.497 e. The van der Waals surface area contributed by atoms with Crippen molar-refractivity contribution in [2.45, 2.75) is 39.5 Å². The molecule has 34 heavy (non-hydrogen) atoms. The number of carbonyl (C=O) groups is 3. The zero-order chi connectivity index (χ0) is 24.5. The fourth-order valence-electron chi connectivity index (χ4n) is 3.93. The van der Waals surface area contributed by atoms with E-state index >= 15 is 0 Å². The van der Waals surface area contributed by atoms with Gasteiger partial charge in [0.05, 0.1) is 7.11 Å². The number of methoxy groups -OCH3 is 1. The standard InChI is InChI=1S/C25H34N4O5/c1-18(2)17-29(14-10-23(30)26-11-6-13-28-12-5-9-24(28)31)25(32)21-16-22(34-27-21)19-7-4-8-20(15-19)33-3/h4,7-8,15-16,18H,5-6,9-14,17H2,1-3H3,(H,26,30). The highest BCUT2D eigenvalue weighted by atomic mass is 16.5. The average Bonchev–Trinajstić information content (AvgIpc) is 3.48. The molecule has 0 unspecified atom stereocenters. The van der Waals surface area contributed by atoms with Crippen molar-refractivity contribution >= 4 is 17.7 Å². The number of ether oxygens (including phenoxy) is 1. The van der Waals surface area contributed by atoms with E-state index in [0.29, 0.717) is 37.6 Å². The maximum Gasteiger partial charge on any atom is 0.276 e. The molecule has 3 amide bonds. The quantitative estimate of drug-likeness (QED) is 0.478. The van der Waals surface area contributed by atoms with Crippen LogP contribution in [0.15, 0.2) is 34.9 Å². The molecular formula is C25H34N4O5. The molecule has 1 saturated heterocycles. The molecule has 1 aromatic carbocycles. The molecule has 9 nitrogen and oxygen atoms in total. The molecule has 184 valence electrons. The summed E-state index contributed by atoms with van der Waals surface area (Å²) >= 11 is 0. The third-order valence-corrected chi connectivity index (χ3v) is 5.66. The smallest absolute Gasteiger partial charge is 0.276 e. The molecule has 1 aromatic heterocycles. The molecule has 0 saturated carbocycles. The van der Waals surface area contributed by atoms with Crippen molar-refractivity contribution in [3.63, 3.8) is 0 Å². The minimum atomic E-state index is -0.271. The van der Waals surface area contributed by atoms with Gasteiger partial charge in [0.15, 0.2) is 11.5 Å². The van der Waals surface area contributed by atoms with Crippen LogP contribution in [0.5, 0.6) is 5.75 Å². The lowest BCUT2D eigenvalue weighted by Crippen LogP contribution is -2.38. The van der Waals surface area contributed by atoms with E-state index in [0.717, 1.165) is 24.9 Å². The Labute approximate surface area is 200 Å². The summed E-state index contributed by atoms with van der Waals surface area (Å²) in [7, 11) is 1.59. The van der Waals surface area contributed by atoms with Crippen LogP contribution in [0.3, 0.4) is 0 Å². The van der Waals surface area contributed by atoms with Gasteiger partial charge in [0.1, 0.15) is 5.75 Å². The van der Waals surface area contributed by atoms with Crippen LogP contribution in [-0.4, -0.2) is 72.5 Å². The molecule has 2 aromatic rings. The molecule has 1 aliphatic rings. The number of rotatable bonds is 12. The van der Waals surface area contributed by atoms with E-state index < -0.39 is 0 Å². The lowest BCUT2D eigenvalue weighted by Gasteiger charge is -2.23. The zero-order valence-electron chi connectivity index (χ0n) is 20.2.